The van der Waals surface area contributed by atoms with Crippen LogP contribution in [0.4, 0.5) is 0 Å². The molecule has 0 heterocycles. The van der Waals surface area contributed by atoms with E-state index in [1.807, 2.05) is 6.07 Å². The summed E-state index contributed by atoms with van der Waals surface area (Å²) in [7, 11) is 1.58. The molecule has 0 fully saturated rings. The Morgan fingerprint density at radius 2 is 1.47 bits per heavy atom. The zero-order valence-corrected chi connectivity index (χ0v) is 12.0. The first-order valence-electron chi connectivity index (χ1n) is 6.00. The molecule has 0 spiro atoms. The third-order valence-electron chi connectivity index (χ3n) is 2.92. The zero-order valence-electron chi connectivity index (χ0n) is 12.0. The van der Waals surface area contributed by atoms with Crippen molar-refractivity contribution in [2.75, 3.05) is 7.11 Å². The van der Waals surface area contributed by atoms with Crippen molar-refractivity contribution in [3.8, 4) is 11.5 Å². The van der Waals surface area contributed by atoms with Crippen LogP contribution in [0.2, 0.25) is 0 Å². The van der Waals surface area contributed by atoms with E-state index in [2.05, 4.69) is 47.6 Å². The summed E-state index contributed by atoms with van der Waals surface area (Å²) in [5.74, 6) is 0.815. The SMILES string of the molecule is COc1ccc(C(C)(C)C)c(C(C)(C)C)c1O. The van der Waals surface area contributed by atoms with Crippen molar-refractivity contribution in [2.24, 2.45) is 0 Å². The molecule has 0 aliphatic heterocycles. The Balaban J connectivity index is 3.59. The van der Waals surface area contributed by atoms with Crippen molar-refractivity contribution in [2.45, 2.75) is 52.4 Å². The number of ether oxygens (including phenoxy) is 1. The predicted molar refractivity (Wildman–Crippen MR) is 72.1 cm³/mol. The van der Waals surface area contributed by atoms with Gasteiger partial charge in [-0.1, -0.05) is 47.6 Å². The molecule has 0 aliphatic rings. The minimum absolute atomic E-state index is 0.00631. The van der Waals surface area contributed by atoms with Gasteiger partial charge in [0.05, 0.1) is 7.11 Å². The minimum atomic E-state index is -0.110. The van der Waals surface area contributed by atoms with Crippen LogP contribution in [0.1, 0.15) is 52.7 Å². The molecular weight excluding hydrogens is 212 g/mol. The van der Waals surface area contributed by atoms with E-state index in [0.717, 1.165) is 5.56 Å². The van der Waals surface area contributed by atoms with Crippen molar-refractivity contribution >= 4 is 0 Å². The largest absolute Gasteiger partial charge is 0.504 e. The summed E-state index contributed by atoms with van der Waals surface area (Å²) in [6.07, 6.45) is 0. The second kappa shape index (κ2) is 4.25. The van der Waals surface area contributed by atoms with Crippen LogP contribution >= 0.6 is 0 Å². The van der Waals surface area contributed by atoms with Gasteiger partial charge in [0.15, 0.2) is 11.5 Å². The van der Waals surface area contributed by atoms with Crippen LogP contribution in [0.25, 0.3) is 0 Å². The van der Waals surface area contributed by atoms with Gasteiger partial charge in [0, 0.05) is 5.56 Å². The van der Waals surface area contributed by atoms with Crippen LogP contribution in [-0.2, 0) is 10.8 Å². The first-order valence-corrected chi connectivity index (χ1v) is 6.00. The quantitative estimate of drug-likeness (QED) is 0.798. The maximum absolute atomic E-state index is 10.3. The average Bonchev–Trinajstić information content (AvgIpc) is 2.13. The van der Waals surface area contributed by atoms with Gasteiger partial charge in [0.1, 0.15) is 0 Å². The van der Waals surface area contributed by atoms with E-state index in [4.69, 9.17) is 4.74 Å². The normalized spacial score (nSPS) is 12.6. The summed E-state index contributed by atoms with van der Waals surface area (Å²) >= 11 is 0. The Bertz CT molecular complexity index is 406. The minimum Gasteiger partial charge on any atom is -0.504 e. The predicted octanol–water partition coefficient (Wildman–Crippen LogP) is 4.00. The van der Waals surface area contributed by atoms with Crippen LogP contribution in [-0.4, -0.2) is 12.2 Å². The van der Waals surface area contributed by atoms with Gasteiger partial charge in [-0.05, 0) is 22.5 Å². The van der Waals surface area contributed by atoms with Crippen LogP contribution in [0.5, 0.6) is 11.5 Å². The highest BCUT2D eigenvalue weighted by atomic mass is 16.5. The van der Waals surface area contributed by atoms with E-state index in [1.54, 1.807) is 7.11 Å². The van der Waals surface area contributed by atoms with Crippen molar-refractivity contribution < 1.29 is 9.84 Å². The monoisotopic (exact) mass is 236 g/mol. The van der Waals surface area contributed by atoms with Gasteiger partial charge in [-0.3, -0.25) is 0 Å². The van der Waals surface area contributed by atoms with Gasteiger partial charge in [-0.2, -0.15) is 0 Å². The van der Waals surface area contributed by atoms with E-state index in [-0.39, 0.29) is 16.6 Å². The Labute approximate surface area is 105 Å². The fraction of sp³-hybridized carbons (Fsp3) is 0.600. The summed E-state index contributed by atoms with van der Waals surface area (Å²) in [4.78, 5) is 0. The molecular formula is C15H24O2. The molecule has 0 aromatic heterocycles. The topological polar surface area (TPSA) is 29.5 Å². The molecule has 0 saturated heterocycles. The lowest BCUT2D eigenvalue weighted by molar-refractivity contribution is 0.361. The smallest absolute Gasteiger partial charge is 0.161 e. The number of hydrogen-bond acceptors (Lipinski definition) is 2. The van der Waals surface area contributed by atoms with Gasteiger partial charge in [0.2, 0.25) is 0 Å². The van der Waals surface area contributed by atoms with Crippen molar-refractivity contribution in [1.29, 1.82) is 0 Å². The fourth-order valence-electron chi connectivity index (χ4n) is 2.12. The average molecular weight is 236 g/mol. The maximum atomic E-state index is 10.3. The molecule has 1 aromatic rings. The molecule has 17 heavy (non-hydrogen) atoms. The number of hydrogen-bond donors (Lipinski definition) is 1. The number of methoxy groups -OCH3 is 1. The van der Waals surface area contributed by atoms with E-state index >= 15 is 0 Å². The fourth-order valence-corrected chi connectivity index (χ4v) is 2.12. The van der Waals surface area contributed by atoms with E-state index in [1.165, 1.54) is 5.56 Å². The highest BCUT2D eigenvalue weighted by Gasteiger charge is 2.29. The van der Waals surface area contributed by atoms with E-state index in [0.29, 0.717) is 5.75 Å². The number of benzene rings is 1. The Hall–Kier alpha value is -1.18. The van der Waals surface area contributed by atoms with Gasteiger partial charge in [-0.15, -0.1) is 0 Å². The first-order chi connectivity index (χ1) is 7.59. The number of rotatable bonds is 1. The highest BCUT2D eigenvalue weighted by molar-refractivity contribution is 5.54. The number of phenolic OH excluding ortho intramolecular Hbond substituents is 1. The molecule has 0 bridgehead atoms. The molecule has 0 aliphatic carbocycles. The molecule has 2 nitrogen and oxygen atoms in total. The number of aromatic hydroxyl groups is 1. The summed E-state index contributed by atoms with van der Waals surface area (Å²) in [5, 5.41) is 10.3. The van der Waals surface area contributed by atoms with Crippen molar-refractivity contribution in [1.82, 2.24) is 0 Å². The molecule has 0 unspecified atom stereocenters. The lowest BCUT2D eigenvalue weighted by Gasteiger charge is -2.31. The van der Waals surface area contributed by atoms with Gasteiger partial charge >= 0.3 is 0 Å². The third-order valence-corrected chi connectivity index (χ3v) is 2.92. The number of phenols is 1. The van der Waals surface area contributed by atoms with Crippen LogP contribution < -0.4 is 4.74 Å². The van der Waals surface area contributed by atoms with E-state index < -0.39 is 0 Å². The molecule has 0 radical (unpaired) electrons. The van der Waals surface area contributed by atoms with Gasteiger partial charge in [-0.25, -0.2) is 0 Å². The molecule has 1 rings (SSSR count). The first kappa shape index (κ1) is 13.9. The zero-order chi connectivity index (χ0) is 13.4. The molecule has 2 heteroatoms. The summed E-state index contributed by atoms with van der Waals surface area (Å²) in [6, 6.07) is 3.89. The second-order valence-corrected chi connectivity index (χ2v) is 6.54. The van der Waals surface area contributed by atoms with Gasteiger partial charge in [0.25, 0.3) is 0 Å². The molecule has 1 N–H and O–H groups in total. The molecule has 0 saturated carbocycles. The molecule has 0 amide bonds. The Morgan fingerprint density at radius 3 is 1.82 bits per heavy atom. The Morgan fingerprint density at radius 1 is 0.941 bits per heavy atom. The Kier molecular flexibility index (Phi) is 3.47. The van der Waals surface area contributed by atoms with Crippen molar-refractivity contribution in [3.63, 3.8) is 0 Å². The highest BCUT2D eigenvalue weighted by Crippen LogP contribution is 2.43. The molecule has 0 atom stereocenters. The summed E-state index contributed by atoms with van der Waals surface area (Å²) in [5.41, 5.74) is 2.04. The molecule has 1 aromatic carbocycles. The van der Waals surface area contributed by atoms with E-state index in [9.17, 15) is 5.11 Å². The lowest BCUT2D eigenvalue weighted by Crippen LogP contribution is -2.22. The maximum Gasteiger partial charge on any atom is 0.161 e. The lowest BCUT2D eigenvalue weighted by atomic mass is 9.74. The standard InChI is InChI=1S/C15H24O2/c1-14(2,3)10-8-9-11(17-7)13(16)12(10)15(4,5)6/h8-9,16H,1-7H3. The third kappa shape index (κ3) is 2.74. The summed E-state index contributed by atoms with van der Waals surface area (Å²) < 4.78 is 5.20. The van der Waals surface area contributed by atoms with Crippen LogP contribution in [0.3, 0.4) is 0 Å². The van der Waals surface area contributed by atoms with Gasteiger partial charge < -0.3 is 9.84 Å². The summed E-state index contributed by atoms with van der Waals surface area (Å²) in [6.45, 7) is 12.8. The molecule has 96 valence electrons. The van der Waals surface area contributed by atoms with Crippen molar-refractivity contribution in [3.05, 3.63) is 23.3 Å². The van der Waals surface area contributed by atoms with Crippen LogP contribution in [0, 0.1) is 0 Å². The van der Waals surface area contributed by atoms with Crippen LogP contribution in [0.15, 0.2) is 12.1 Å². The second-order valence-electron chi connectivity index (χ2n) is 6.54.